The molecule has 1 rings (SSSR count). The van der Waals surface area contributed by atoms with Crippen molar-refractivity contribution in [3.8, 4) is 12.3 Å². The number of benzene rings is 1. The van der Waals surface area contributed by atoms with Crippen molar-refractivity contribution in [1.29, 1.82) is 0 Å². The van der Waals surface area contributed by atoms with Crippen molar-refractivity contribution in [2.24, 2.45) is 0 Å². The van der Waals surface area contributed by atoms with Crippen LogP contribution in [0.3, 0.4) is 0 Å². The van der Waals surface area contributed by atoms with Crippen LogP contribution in [-0.4, -0.2) is 11.7 Å². The molecule has 0 spiro atoms. The molecule has 0 aromatic heterocycles. The van der Waals surface area contributed by atoms with E-state index in [0.29, 0.717) is 11.3 Å². The molecule has 3 nitrogen and oxygen atoms in total. The molecule has 1 amide bonds. The molecule has 0 aliphatic heterocycles. The lowest BCUT2D eigenvalue weighted by Gasteiger charge is -2.03. The van der Waals surface area contributed by atoms with Crippen LogP contribution in [0.2, 0.25) is 0 Å². The molecular formula is C13H11NO2. The summed E-state index contributed by atoms with van der Waals surface area (Å²) in [5.74, 6) is 1.21. The Morgan fingerprint density at radius 2 is 1.94 bits per heavy atom. The summed E-state index contributed by atoms with van der Waals surface area (Å²) in [7, 11) is 0. The van der Waals surface area contributed by atoms with Crippen molar-refractivity contribution >= 4 is 11.7 Å². The fraction of sp³-hybridized carbons (Fsp3) is 0.0769. The average Bonchev–Trinajstić information content (AvgIpc) is 2.29. The lowest BCUT2D eigenvalue weighted by atomic mass is 10.2. The first-order valence-corrected chi connectivity index (χ1v) is 4.68. The fourth-order valence-electron chi connectivity index (χ4n) is 1.12. The van der Waals surface area contributed by atoms with Gasteiger partial charge in [-0.1, -0.05) is 18.2 Å². The maximum atomic E-state index is 11.6. The number of hydrogen-bond donors (Lipinski definition) is 1. The molecule has 0 bridgehead atoms. The zero-order valence-corrected chi connectivity index (χ0v) is 8.86. The van der Waals surface area contributed by atoms with Crippen LogP contribution in [-0.2, 0) is 4.79 Å². The highest BCUT2D eigenvalue weighted by Crippen LogP contribution is 1.99. The normalized spacial score (nSPS) is 10.4. The van der Waals surface area contributed by atoms with Gasteiger partial charge in [-0.05, 0) is 25.0 Å². The molecular weight excluding hydrogens is 202 g/mol. The molecule has 1 aromatic carbocycles. The lowest BCUT2D eigenvalue weighted by Crippen LogP contribution is -2.21. The first kappa shape index (κ1) is 11.7. The molecule has 1 N–H and O–H groups in total. The van der Waals surface area contributed by atoms with Crippen LogP contribution in [0.1, 0.15) is 17.3 Å². The molecule has 80 valence electrons. The van der Waals surface area contributed by atoms with Crippen molar-refractivity contribution in [2.75, 3.05) is 0 Å². The summed E-state index contributed by atoms with van der Waals surface area (Å²) in [5.41, 5.74) is 0.959. The van der Waals surface area contributed by atoms with E-state index in [4.69, 9.17) is 6.42 Å². The summed E-state index contributed by atoms with van der Waals surface area (Å²) in [5, 5.41) is 2.57. The summed E-state index contributed by atoms with van der Waals surface area (Å²) in [6.07, 6.45) is 6.11. The van der Waals surface area contributed by atoms with E-state index in [1.54, 1.807) is 31.2 Å². The van der Waals surface area contributed by atoms with Gasteiger partial charge in [0.2, 0.25) is 5.78 Å². The van der Waals surface area contributed by atoms with Crippen molar-refractivity contribution in [2.45, 2.75) is 6.92 Å². The first-order chi connectivity index (χ1) is 7.63. The second-order valence-corrected chi connectivity index (χ2v) is 3.16. The predicted octanol–water partition coefficient (Wildman–Crippen LogP) is 1.52. The molecule has 0 unspecified atom stereocenters. The zero-order chi connectivity index (χ0) is 12.0. The summed E-state index contributed by atoms with van der Waals surface area (Å²) in [4.78, 5) is 22.5. The van der Waals surface area contributed by atoms with E-state index in [9.17, 15) is 9.59 Å². The molecule has 0 atom stereocenters. The van der Waals surface area contributed by atoms with Crippen LogP contribution in [0.25, 0.3) is 0 Å². The molecule has 0 fully saturated rings. The van der Waals surface area contributed by atoms with Crippen molar-refractivity contribution in [3.05, 3.63) is 47.7 Å². The van der Waals surface area contributed by atoms with Crippen LogP contribution in [0.5, 0.6) is 0 Å². The minimum Gasteiger partial charge on any atom is -0.326 e. The van der Waals surface area contributed by atoms with Gasteiger partial charge in [-0.15, -0.1) is 6.42 Å². The number of rotatable bonds is 3. The zero-order valence-electron chi connectivity index (χ0n) is 8.86. The third-order valence-electron chi connectivity index (χ3n) is 1.84. The highest BCUT2D eigenvalue weighted by atomic mass is 16.1. The highest BCUT2D eigenvalue weighted by molar-refractivity contribution is 6.04. The summed E-state index contributed by atoms with van der Waals surface area (Å²) in [6.45, 7) is 1.61. The van der Waals surface area contributed by atoms with Gasteiger partial charge in [0.1, 0.15) is 0 Å². The molecule has 0 radical (unpaired) electrons. The van der Waals surface area contributed by atoms with Gasteiger partial charge in [-0.25, -0.2) is 0 Å². The minimum atomic E-state index is -0.467. The largest absolute Gasteiger partial charge is 0.326 e. The predicted molar refractivity (Wildman–Crippen MR) is 61.5 cm³/mol. The van der Waals surface area contributed by atoms with Crippen LogP contribution in [0.15, 0.2) is 42.1 Å². The van der Waals surface area contributed by atoms with Crippen molar-refractivity contribution in [3.63, 3.8) is 0 Å². The second kappa shape index (κ2) is 5.52. The Morgan fingerprint density at radius 3 is 2.50 bits per heavy atom. The topological polar surface area (TPSA) is 46.2 Å². The minimum absolute atomic E-state index is 0.265. The van der Waals surface area contributed by atoms with E-state index in [-0.39, 0.29) is 5.91 Å². The van der Waals surface area contributed by atoms with Gasteiger partial charge in [-0.3, -0.25) is 9.59 Å². The third kappa shape index (κ3) is 3.43. The van der Waals surface area contributed by atoms with Crippen molar-refractivity contribution in [1.82, 2.24) is 5.32 Å². The molecule has 0 heterocycles. The van der Waals surface area contributed by atoms with Gasteiger partial charge in [0.25, 0.3) is 5.91 Å². The number of amides is 1. The molecule has 16 heavy (non-hydrogen) atoms. The van der Waals surface area contributed by atoms with E-state index < -0.39 is 5.78 Å². The molecule has 1 aromatic rings. The molecule has 0 saturated heterocycles. The van der Waals surface area contributed by atoms with Crippen LogP contribution < -0.4 is 5.32 Å². The van der Waals surface area contributed by atoms with Gasteiger partial charge < -0.3 is 5.32 Å². The summed E-state index contributed by atoms with van der Waals surface area (Å²) < 4.78 is 0. The summed E-state index contributed by atoms with van der Waals surface area (Å²) >= 11 is 0. The Balaban J connectivity index is 2.70. The van der Waals surface area contributed by atoms with Crippen LogP contribution in [0, 0.1) is 12.3 Å². The van der Waals surface area contributed by atoms with E-state index in [0.717, 1.165) is 0 Å². The Bertz CT molecular complexity index is 466. The number of nitrogens with one attached hydrogen (secondary N) is 1. The standard InChI is InChI=1S/C13H11NO2/c1-3-12(15)9-10(2)14-13(16)11-7-5-4-6-8-11/h1,4-9H,2H3,(H,14,16)/b10-9-. The van der Waals surface area contributed by atoms with E-state index >= 15 is 0 Å². The number of hydrogen-bond acceptors (Lipinski definition) is 2. The SMILES string of the molecule is C#CC(=O)/C=C(/C)NC(=O)c1ccccc1. The molecule has 0 aliphatic rings. The molecule has 3 heteroatoms. The smallest absolute Gasteiger partial charge is 0.255 e. The van der Waals surface area contributed by atoms with Gasteiger partial charge in [0.15, 0.2) is 0 Å². The van der Waals surface area contributed by atoms with E-state index in [2.05, 4.69) is 5.32 Å². The second-order valence-electron chi connectivity index (χ2n) is 3.16. The fourth-order valence-corrected chi connectivity index (χ4v) is 1.12. The van der Waals surface area contributed by atoms with Gasteiger partial charge in [0.05, 0.1) is 0 Å². The van der Waals surface area contributed by atoms with Gasteiger partial charge >= 0.3 is 0 Å². The Labute approximate surface area is 94.2 Å². The highest BCUT2D eigenvalue weighted by Gasteiger charge is 2.04. The maximum absolute atomic E-state index is 11.6. The Morgan fingerprint density at radius 1 is 1.31 bits per heavy atom. The third-order valence-corrected chi connectivity index (χ3v) is 1.84. The van der Waals surface area contributed by atoms with Gasteiger partial charge in [-0.2, -0.15) is 0 Å². The monoisotopic (exact) mass is 213 g/mol. The molecule has 0 aliphatic carbocycles. The van der Waals surface area contributed by atoms with E-state index in [1.165, 1.54) is 6.08 Å². The number of carbonyl (C=O) groups excluding carboxylic acids is 2. The lowest BCUT2D eigenvalue weighted by molar-refractivity contribution is -0.109. The summed E-state index contributed by atoms with van der Waals surface area (Å²) in [6, 6.07) is 8.72. The van der Waals surface area contributed by atoms with Gasteiger partial charge in [0, 0.05) is 17.3 Å². The Kier molecular flexibility index (Phi) is 4.05. The molecule has 0 saturated carbocycles. The van der Waals surface area contributed by atoms with Crippen LogP contribution in [0.4, 0.5) is 0 Å². The van der Waals surface area contributed by atoms with Crippen molar-refractivity contribution < 1.29 is 9.59 Å². The number of allylic oxidation sites excluding steroid dienone is 2. The maximum Gasteiger partial charge on any atom is 0.255 e. The quantitative estimate of drug-likeness (QED) is 0.470. The van der Waals surface area contributed by atoms with Crippen LogP contribution >= 0.6 is 0 Å². The average molecular weight is 213 g/mol. The first-order valence-electron chi connectivity index (χ1n) is 4.68. The Hall–Kier alpha value is -2.34. The number of ketones is 1. The number of terminal acetylenes is 1. The number of carbonyl (C=O) groups is 2. The van der Waals surface area contributed by atoms with E-state index in [1.807, 2.05) is 12.0 Å².